The van der Waals surface area contributed by atoms with E-state index in [4.69, 9.17) is 15.2 Å². The fourth-order valence-electron chi connectivity index (χ4n) is 3.38. The number of nitrogens with zero attached hydrogens (tertiary/aromatic N) is 2. The Labute approximate surface area is 201 Å². The van der Waals surface area contributed by atoms with E-state index in [0.29, 0.717) is 13.0 Å². The molecule has 0 bridgehead atoms. The number of benzene rings is 2. The molecular formula is C24H28N4O5S. The van der Waals surface area contributed by atoms with Gasteiger partial charge in [-0.1, -0.05) is 30.3 Å². The minimum absolute atomic E-state index is 0.0352. The van der Waals surface area contributed by atoms with Gasteiger partial charge >= 0.3 is 5.69 Å². The number of nitrogens with one attached hydrogen (secondary N) is 1. The van der Waals surface area contributed by atoms with Gasteiger partial charge in [0.25, 0.3) is 5.56 Å². The molecule has 1 heterocycles. The van der Waals surface area contributed by atoms with Crippen molar-refractivity contribution in [3.05, 3.63) is 81.0 Å². The molecule has 0 aliphatic heterocycles. The van der Waals surface area contributed by atoms with E-state index in [2.05, 4.69) is 4.98 Å². The Kier molecular flexibility index (Phi) is 8.94. The van der Waals surface area contributed by atoms with Gasteiger partial charge in [-0.05, 0) is 36.2 Å². The molecule has 0 saturated heterocycles. The van der Waals surface area contributed by atoms with Crippen LogP contribution in [0.1, 0.15) is 12.0 Å². The first-order valence-corrected chi connectivity index (χ1v) is 11.7. The average molecular weight is 485 g/mol. The lowest BCUT2D eigenvalue weighted by atomic mass is 10.2. The van der Waals surface area contributed by atoms with Crippen LogP contribution in [-0.2, 0) is 16.1 Å². The maximum Gasteiger partial charge on any atom is 0.330 e. The first-order valence-electron chi connectivity index (χ1n) is 10.7. The molecule has 3 rings (SSSR count). The van der Waals surface area contributed by atoms with Crippen molar-refractivity contribution in [3.8, 4) is 5.75 Å². The molecule has 0 aliphatic rings. The van der Waals surface area contributed by atoms with Crippen LogP contribution >= 0.6 is 11.8 Å². The molecule has 0 saturated carbocycles. The second kappa shape index (κ2) is 12.1. The van der Waals surface area contributed by atoms with Gasteiger partial charge in [-0.2, -0.15) is 0 Å². The number of amides is 1. The Morgan fingerprint density at radius 1 is 1.09 bits per heavy atom. The molecule has 0 radical (unpaired) electrons. The molecular weight excluding hydrogens is 456 g/mol. The summed E-state index contributed by atoms with van der Waals surface area (Å²) in [7, 11) is 3.15. The number of hydrogen-bond acceptors (Lipinski definition) is 7. The van der Waals surface area contributed by atoms with Gasteiger partial charge in [0.1, 0.15) is 11.6 Å². The first kappa shape index (κ1) is 25.1. The number of aromatic nitrogens is 2. The number of anilines is 2. The fraction of sp³-hybridized carbons (Fsp3) is 0.292. The van der Waals surface area contributed by atoms with Gasteiger partial charge in [-0.25, -0.2) is 4.79 Å². The highest BCUT2D eigenvalue weighted by molar-refractivity contribution is 8.00. The van der Waals surface area contributed by atoms with E-state index >= 15 is 0 Å². The second-order valence-corrected chi connectivity index (χ2v) is 8.47. The number of rotatable bonds is 11. The largest absolute Gasteiger partial charge is 0.497 e. The van der Waals surface area contributed by atoms with Crippen LogP contribution in [0.4, 0.5) is 11.5 Å². The molecule has 0 atom stereocenters. The summed E-state index contributed by atoms with van der Waals surface area (Å²) in [5.41, 5.74) is 5.78. The van der Waals surface area contributed by atoms with Crippen LogP contribution in [0.15, 0.2) is 69.1 Å². The molecule has 0 unspecified atom stereocenters. The molecule has 1 amide bonds. The molecule has 180 valence electrons. The van der Waals surface area contributed by atoms with Crippen LogP contribution in [0.2, 0.25) is 0 Å². The maximum atomic E-state index is 13.2. The number of hydrogen-bond donors (Lipinski definition) is 2. The third-order valence-corrected chi connectivity index (χ3v) is 6.12. The van der Waals surface area contributed by atoms with Crippen molar-refractivity contribution in [2.75, 3.05) is 43.8 Å². The predicted molar refractivity (Wildman–Crippen MR) is 134 cm³/mol. The molecule has 34 heavy (non-hydrogen) atoms. The van der Waals surface area contributed by atoms with E-state index in [9.17, 15) is 14.4 Å². The van der Waals surface area contributed by atoms with Crippen molar-refractivity contribution >= 4 is 29.2 Å². The highest BCUT2D eigenvalue weighted by atomic mass is 32.2. The SMILES string of the molecule is COCCCN(C(=O)CSc1ccc(OC)cc1)c1c(N)n(Cc2ccccc2)c(=O)[nH]c1=O. The van der Waals surface area contributed by atoms with Gasteiger partial charge in [-0.15, -0.1) is 11.8 Å². The molecule has 9 nitrogen and oxygen atoms in total. The standard InChI is InChI=1S/C24H28N4O5S/c1-32-14-6-13-27(20(29)16-34-19-11-9-18(33-2)10-12-19)21-22(25)28(24(31)26-23(21)30)15-17-7-4-3-5-8-17/h3-5,7-12H,6,13-16,25H2,1-2H3,(H,26,30,31). The average Bonchev–Trinajstić information content (AvgIpc) is 2.85. The zero-order valence-corrected chi connectivity index (χ0v) is 20.0. The summed E-state index contributed by atoms with van der Waals surface area (Å²) in [6, 6.07) is 16.6. The molecule has 3 N–H and O–H groups in total. The smallest absolute Gasteiger partial charge is 0.330 e. The Balaban J connectivity index is 1.90. The van der Waals surface area contributed by atoms with Gasteiger partial charge in [0, 0.05) is 25.2 Å². The van der Waals surface area contributed by atoms with Gasteiger partial charge in [0.2, 0.25) is 5.91 Å². The van der Waals surface area contributed by atoms with Crippen LogP contribution in [0.3, 0.4) is 0 Å². The summed E-state index contributed by atoms with van der Waals surface area (Å²) in [5.74, 6) is 0.435. The highest BCUT2D eigenvalue weighted by Gasteiger charge is 2.24. The molecule has 1 aromatic heterocycles. The normalized spacial score (nSPS) is 10.8. The summed E-state index contributed by atoms with van der Waals surface area (Å²) >= 11 is 1.33. The van der Waals surface area contributed by atoms with Gasteiger partial charge in [0.15, 0.2) is 5.69 Å². The van der Waals surface area contributed by atoms with Crippen LogP contribution in [-0.4, -0.2) is 48.6 Å². The van der Waals surface area contributed by atoms with E-state index in [1.165, 1.54) is 21.2 Å². The minimum atomic E-state index is -0.702. The lowest BCUT2D eigenvalue weighted by Crippen LogP contribution is -2.42. The number of carbonyl (C=O) groups excluding carboxylic acids is 1. The molecule has 0 fully saturated rings. The van der Waals surface area contributed by atoms with Crippen molar-refractivity contribution in [3.63, 3.8) is 0 Å². The quantitative estimate of drug-likeness (QED) is 0.317. The lowest BCUT2D eigenvalue weighted by Gasteiger charge is -2.24. The number of ether oxygens (including phenoxy) is 2. The van der Waals surface area contributed by atoms with Crippen molar-refractivity contribution in [2.45, 2.75) is 17.9 Å². The van der Waals surface area contributed by atoms with Crippen molar-refractivity contribution in [1.29, 1.82) is 0 Å². The third-order valence-electron chi connectivity index (χ3n) is 5.12. The van der Waals surface area contributed by atoms with Gasteiger partial charge < -0.3 is 20.1 Å². The summed E-state index contributed by atoms with van der Waals surface area (Å²) in [5, 5.41) is 0. The topological polar surface area (TPSA) is 120 Å². The maximum absolute atomic E-state index is 13.2. The van der Waals surface area contributed by atoms with E-state index < -0.39 is 11.2 Å². The van der Waals surface area contributed by atoms with Crippen LogP contribution in [0.25, 0.3) is 0 Å². The number of aromatic amines is 1. The van der Waals surface area contributed by atoms with E-state index in [1.54, 1.807) is 14.2 Å². The monoisotopic (exact) mass is 484 g/mol. The predicted octanol–water partition coefficient (Wildman–Crippen LogP) is 2.34. The minimum Gasteiger partial charge on any atom is -0.497 e. The summed E-state index contributed by atoms with van der Waals surface area (Å²) in [6.45, 7) is 0.777. The number of methoxy groups -OCH3 is 2. The Morgan fingerprint density at radius 3 is 2.44 bits per heavy atom. The van der Waals surface area contributed by atoms with E-state index in [1.807, 2.05) is 54.6 Å². The van der Waals surface area contributed by atoms with E-state index in [0.717, 1.165) is 16.2 Å². The second-order valence-electron chi connectivity index (χ2n) is 7.42. The summed E-state index contributed by atoms with van der Waals surface area (Å²) in [6.07, 6.45) is 0.492. The van der Waals surface area contributed by atoms with Gasteiger partial charge in [0.05, 0.1) is 19.4 Å². The number of carbonyl (C=O) groups is 1. The zero-order chi connectivity index (χ0) is 24.5. The van der Waals surface area contributed by atoms with Crippen LogP contribution < -0.4 is 26.6 Å². The van der Waals surface area contributed by atoms with Crippen LogP contribution in [0.5, 0.6) is 5.75 Å². The molecule has 0 aliphatic carbocycles. The lowest BCUT2D eigenvalue weighted by molar-refractivity contribution is -0.116. The summed E-state index contributed by atoms with van der Waals surface area (Å²) < 4.78 is 11.5. The molecule has 3 aromatic rings. The summed E-state index contributed by atoms with van der Waals surface area (Å²) in [4.78, 5) is 43.1. The number of nitrogen functional groups attached to an aromatic ring is 1. The zero-order valence-electron chi connectivity index (χ0n) is 19.2. The van der Waals surface area contributed by atoms with Crippen molar-refractivity contribution in [1.82, 2.24) is 9.55 Å². The molecule has 2 aromatic carbocycles. The van der Waals surface area contributed by atoms with Crippen molar-refractivity contribution < 1.29 is 14.3 Å². The van der Waals surface area contributed by atoms with Crippen LogP contribution in [0, 0.1) is 0 Å². The Bertz CT molecular complexity index is 1210. The third kappa shape index (κ3) is 6.30. The Hall–Kier alpha value is -3.50. The van der Waals surface area contributed by atoms with E-state index in [-0.39, 0.29) is 36.3 Å². The number of H-pyrrole nitrogens is 1. The first-order chi connectivity index (χ1) is 16.4. The Morgan fingerprint density at radius 2 is 1.79 bits per heavy atom. The number of thioether (sulfide) groups is 1. The molecule has 10 heteroatoms. The molecule has 0 spiro atoms. The van der Waals surface area contributed by atoms with Gasteiger partial charge in [-0.3, -0.25) is 19.1 Å². The van der Waals surface area contributed by atoms with Crippen molar-refractivity contribution in [2.24, 2.45) is 0 Å². The highest BCUT2D eigenvalue weighted by Crippen LogP contribution is 2.24. The number of nitrogens with two attached hydrogens (primary N) is 1. The fourth-order valence-corrected chi connectivity index (χ4v) is 4.16.